The van der Waals surface area contributed by atoms with E-state index in [4.69, 9.17) is 0 Å². The van der Waals surface area contributed by atoms with Gasteiger partial charge in [0.1, 0.15) is 0 Å². The molecule has 0 amide bonds. The zero-order valence-corrected chi connectivity index (χ0v) is 42.1. The number of nitrogens with zero attached hydrogens (tertiary/aromatic N) is 2. The lowest BCUT2D eigenvalue weighted by Gasteiger charge is -2.32. The molecule has 0 unspecified atom stereocenters. The summed E-state index contributed by atoms with van der Waals surface area (Å²) in [6.45, 7) is 4.90. The quantitative estimate of drug-likeness (QED) is 0.167. The van der Waals surface area contributed by atoms with E-state index in [1.165, 1.54) is 138 Å². The van der Waals surface area contributed by atoms with Gasteiger partial charge in [-0.1, -0.05) is 208 Å². The maximum absolute atomic E-state index is 2.56. The average Bonchev–Trinajstić information content (AvgIpc) is 4.22. The topological polar surface area (TPSA) is 8.17 Å². The second-order valence-electron chi connectivity index (χ2n) is 21.9. The van der Waals surface area contributed by atoms with Crippen molar-refractivity contribution in [1.29, 1.82) is 0 Å². The molecule has 0 fully saturated rings. The van der Waals surface area contributed by atoms with Crippen LogP contribution in [0.2, 0.25) is 0 Å². The summed E-state index contributed by atoms with van der Waals surface area (Å²) < 4.78 is 2.56. The molecular formula is C74H48N2. The molecule has 1 aliphatic heterocycles. The summed E-state index contributed by atoms with van der Waals surface area (Å²) >= 11 is 0. The number of benzene rings is 12. The number of rotatable bonds is 5. The van der Waals surface area contributed by atoms with E-state index in [9.17, 15) is 0 Å². The van der Waals surface area contributed by atoms with Gasteiger partial charge < -0.3 is 9.47 Å². The minimum absolute atomic E-state index is 0.279. The first kappa shape index (κ1) is 41.9. The number of para-hydroxylation sites is 2. The van der Waals surface area contributed by atoms with Gasteiger partial charge in [-0.05, 0) is 160 Å². The smallest absolute Gasteiger partial charge is 0.0726 e. The van der Waals surface area contributed by atoms with E-state index in [0.717, 1.165) is 17.1 Å². The maximum Gasteiger partial charge on any atom is 0.0726 e. The standard InChI is InChI=1S/C74H48N2/c1-73(2)65-33-17-29-59-57-27-8-13-34-67(57)76-68-35-14-9-28-58(68)61-44-60(71(73)70(69(59)65)72(61)76)49-21-16-23-51(42-49)75(50-22-15-20-47(41-50)48-37-36-45-18-3-4-19-46(45)40-48)52-38-39-56-55-26-7-12-32-64(55)74(66(56)43-52)62-30-10-5-24-53(62)54-25-6-11-31-63(54)74/h3-44H,1-2H3. The van der Waals surface area contributed by atoms with E-state index in [-0.39, 0.29) is 5.41 Å². The molecule has 3 aliphatic carbocycles. The first-order valence-electron chi connectivity index (χ1n) is 26.7. The van der Waals surface area contributed by atoms with Crippen molar-refractivity contribution < 1.29 is 0 Å². The van der Waals surface area contributed by atoms with Crippen LogP contribution in [0.25, 0.3) is 105 Å². The second kappa shape index (κ2) is 15.1. The summed E-state index contributed by atoms with van der Waals surface area (Å²) in [6.07, 6.45) is 0. The van der Waals surface area contributed by atoms with E-state index >= 15 is 0 Å². The molecule has 12 aromatic carbocycles. The van der Waals surface area contributed by atoms with Gasteiger partial charge in [-0.3, -0.25) is 0 Å². The Kier molecular flexibility index (Phi) is 8.31. The first-order valence-corrected chi connectivity index (χ1v) is 26.7. The molecule has 0 radical (unpaired) electrons. The highest BCUT2D eigenvalue weighted by Gasteiger charge is 2.52. The van der Waals surface area contributed by atoms with Crippen molar-refractivity contribution in [1.82, 2.24) is 4.57 Å². The Labute approximate surface area is 442 Å². The summed E-state index contributed by atoms with van der Waals surface area (Å²) in [5, 5.41) is 5.03. The molecule has 2 nitrogen and oxygen atoms in total. The van der Waals surface area contributed by atoms with Crippen LogP contribution in [0.3, 0.4) is 0 Å². The highest BCUT2D eigenvalue weighted by Crippen LogP contribution is 2.64. The van der Waals surface area contributed by atoms with E-state index in [2.05, 4.69) is 278 Å². The lowest BCUT2D eigenvalue weighted by molar-refractivity contribution is 0.662. The molecule has 0 atom stereocenters. The van der Waals surface area contributed by atoms with Crippen LogP contribution in [0.1, 0.15) is 47.2 Å². The normalized spacial score (nSPS) is 14.1. The average molecular weight is 965 g/mol. The molecule has 4 aliphatic rings. The third-order valence-electron chi connectivity index (χ3n) is 17.8. The fourth-order valence-corrected chi connectivity index (χ4v) is 14.8. The summed E-state index contributed by atoms with van der Waals surface area (Å²) in [5.74, 6) is 0. The van der Waals surface area contributed by atoms with Gasteiger partial charge in [0.25, 0.3) is 0 Å². The summed E-state index contributed by atoms with van der Waals surface area (Å²) in [4.78, 5) is 2.52. The minimum atomic E-state index is -0.479. The number of anilines is 3. The van der Waals surface area contributed by atoms with Crippen molar-refractivity contribution in [2.24, 2.45) is 0 Å². The van der Waals surface area contributed by atoms with Crippen LogP contribution >= 0.6 is 0 Å². The van der Waals surface area contributed by atoms with E-state index in [1.54, 1.807) is 0 Å². The van der Waals surface area contributed by atoms with Gasteiger partial charge in [0.05, 0.1) is 22.1 Å². The van der Waals surface area contributed by atoms with E-state index < -0.39 is 5.41 Å². The number of aromatic nitrogens is 1. The van der Waals surface area contributed by atoms with Crippen LogP contribution in [-0.4, -0.2) is 4.57 Å². The van der Waals surface area contributed by atoms with Crippen molar-refractivity contribution in [2.45, 2.75) is 24.7 Å². The van der Waals surface area contributed by atoms with Crippen molar-refractivity contribution in [3.05, 3.63) is 288 Å². The second-order valence-corrected chi connectivity index (χ2v) is 21.9. The molecule has 0 saturated carbocycles. The molecule has 2 heterocycles. The van der Waals surface area contributed by atoms with E-state index in [0.29, 0.717) is 0 Å². The molecule has 0 bridgehead atoms. The lowest BCUT2D eigenvalue weighted by Crippen LogP contribution is -2.26. The van der Waals surface area contributed by atoms with Crippen LogP contribution < -0.4 is 4.90 Å². The predicted octanol–water partition coefficient (Wildman–Crippen LogP) is 19.4. The predicted molar refractivity (Wildman–Crippen MR) is 317 cm³/mol. The summed E-state index contributed by atoms with van der Waals surface area (Å²) in [7, 11) is 0. The third kappa shape index (κ3) is 5.35. The van der Waals surface area contributed by atoms with Crippen LogP contribution in [0.4, 0.5) is 17.1 Å². The molecule has 1 spiro atoms. The van der Waals surface area contributed by atoms with Gasteiger partial charge in [-0.25, -0.2) is 0 Å². The fourth-order valence-electron chi connectivity index (χ4n) is 14.8. The highest BCUT2D eigenvalue weighted by molar-refractivity contribution is 6.20. The van der Waals surface area contributed by atoms with Crippen LogP contribution in [0.5, 0.6) is 0 Å². The Morgan fingerprint density at radius 2 is 0.882 bits per heavy atom. The summed E-state index contributed by atoms with van der Waals surface area (Å²) in [6, 6.07) is 96.3. The Balaban J connectivity index is 0.926. The maximum atomic E-state index is 2.56. The van der Waals surface area contributed by atoms with Crippen LogP contribution in [0.15, 0.2) is 255 Å². The highest BCUT2D eigenvalue weighted by atomic mass is 15.1. The van der Waals surface area contributed by atoms with Crippen LogP contribution in [0, 0.1) is 0 Å². The monoisotopic (exact) mass is 964 g/mol. The van der Waals surface area contributed by atoms with Gasteiger partial charge in [0.2, 0.25) is 0 Å². The van der Waals surface area contributed by atoms with Crippen molar-refractivity contribution in [2.75, 3.05) is 4.90 Å². The Morgan fingerprint density at radius 3 is 1.63 bits per heavy atom. The zero-order valence-electron chi connectivity index (χ0n) is 42.1. The van der Waals surface area contributed by atoms with Crippen molar-refractivity contribution in [3.63, 3.8) is 0 Å². The SMILES string of the molecule is CC1(C)c2cccc3c2-c2c1c(-c1cccc(N(c4cccc(-c5ccc6ccccc6c5)c4)c4ccc5c(c4)C4(c6ccccc6-c6ccccc64)c4ccccc4-5)c1)cc1c4ccccc4n(c21)-c1ccccc1-3. The first-order chi connectivity index (χ1) is 37.5. The molecule has 17 rings (SSSR count). The summed E-state index contributed by atoms with van der Waals surface area (Å²) in [5.41, 5.74) is 29.8. The van der Waals surface area contributed by atoms with Crippen LogP contribution in [-0.2, 0) is 10.8 Å². The molecule has 354 valence electrons. The van der Waals surface area contributed by atoms with Gasteiger partial charge >= 0.3 is 0 Å². The molecular weight excluding hydrogens is 917 g/mol. The molecule has 1 aromatic heterocycles. The van der Waals surface area contributed by atoms with Gasteiger partial charge in [0, 0.05) is 44.4 Å². The molecule has 0 N–H and O–H groups in total. The number of hydrogen-bond acceptors (Lipinski definition) is 1. The molecule has 0 saturated heterocycles. The number of hydrogen-bond donors (Lipinski definition) is 0. The molecule has 13 aromatic rings. The van der Waals surface area contributed by atoms with Gasteiger partial charge in [-0.2, -0.15) is 0 Å². The Hall–Kier alpha value is -9.50. The largest absolute Gasteiger partial charge is 0.310 e. The van der Waals surface area contributed by atoms with Gasteiger partial charge in [-0.15, -0.1) is 0 Å². The van der Waals surface area contributed by atoms with Gasteiger partial charge in [0.15, 0.2) is 0 Å². The fraction of sp³-hybridized carbons (Fsp3) is 0.0541. The molecule has 2 heteroatoms. The van der Waals surface area contributed by atoms with E-state index in [1.807, 2.05) is 0 Å². The Morgan fingerprint density at radius 1 is 0.329 bits per heavy atom. The van der Waals surface area contributed by atoms with Crippen molar-refractivity contribution >= 4 is 49.6 Å². The lowest BCUT2D eigenvalue weighted by atomic mass is 9.70. The zero-order chi connectivity index (χ0) is 50.0. The third-order valence-corrected chi connectivity index (χ3v) is 17.8. The minimum Gasteiger partial charge on any atom is -0.310 e. The number of fused-ring (bicyclic) bond motifs is 17. The van der Waals surface area contributed by atoms with Crippen molar-refractivity contribution in [3.8, 4) is 72.4 Å². The molecule has 76 heavy (non-hydrogen) atoms. The Bertz CT molecular complexity index is 4630.